The maximum absolute atomic E-state index is 12.6. The molecule has 1 atom stereocenters. The topological polar surface area (TPSA) is 42.0 Å². The van der Waals surface area contributed by atoms with E-state index in [1.165, 1.54) is 5.56 Å². The lowest BCUT2D eigenvalue weighted by Gasteiger charge is -2.46. The average Bonchev–Trinajstić information content (AvgIpc) is 2.76. The summed E-state index contributed by atoms with van der Waals surface area (Å²) in [5, 5.41) is 0. The molecule has 1 fully saturated rings. The van der Waals surface area contributed by atoms with Gasteiger partial charge in [-0.15, -0.1) is 0 Å². The largest absolute Gasteiger partial charge is 0.496 e. The van der Waals surface area contributed by atoms with Crippen molar-refractivity contribution < 1.29 is 14.3 Å². The van der Waals surface area contributed by atoms with E-state index in [0.717, 1.165) is 36.3 Å². The summed E-state index contributed by atoms with van der Waals surface area (Å²) in [6.07, 6.45) is 2.68. The monoisotopic (exact) mass is 438 g/mol. The SMILES string of the molecule is COc1ccccc1C1(CCN(Cc2ccc(N(C)C)cc2)C(C)=O)CCOC(C)(C)C1. The summed E-state index contributed by atoms with van der Waals surface area (Å²) < 4.78 is 11.8. The van der Waals surface area contributed by atoms with Gasteiger partial charge in [0.2, 0.25) is 5.91 Å². The molecule has 1 unspecified atom stereocenters. The van der Waals surface area contributed by atoms with Crippen LogP contribution in [0.2, 0.25) is 0 Å². The summed E-state index contributed by atoms with van der Waals surface area (Å²) >= 11 is 0. The minimum absolute atomic E-state index is 0.100. The number of amides is 1. The molecule has 1 aliphatic rings. The highest BCUT2D eigenvalue weighted by molar-refractivity contribution is 5.73. The third-order valence-electron chi connectivity index (χ3n) is 6.65. The Hall–Kier alpha value is -2.53. The van der Waals surface area contributed by atoms with Crippen molar-refractivity contribution >= 4 is 11.6 Å². The lowest BCUT2D eigenvalue weighted by molar-refractivity contribution is -0.130. The zero-order valence-corrected chi connectivity index (χ0v) is 20.5. The zero-order valence-electron chi connectivity index (χ0n) is 20.5. The van der Waals surface area contributed by atoms with Crippen LogP contribution in [-0.2, 0) is 21.5 Å². The Balaban J connectivity index is 1.84. The molecule has 5 nitrogen and oxygen atoms in total. The molecule has 0 spiro atoms. The molecule has 1 aliphatic heterocycles. The summed E-state index contributed by atoms with van der Waals surface area (Å²) in [5.41, 5.74) is 3.20. The van der Waals surface area contributed by atoms with Crippen LogP contribution < -0.4 is 9.64 Å². The Morgan fingerprint density at radius 3 is 2.38 bits per heavy atom. The predicted molar refractivity (Wildman–Crippen MR) is 130 cm³/mol. The van der Waals surface area contributed by atoms with E-state index in [9.17, 15) is 4.79 Å². The van der Waals surface area contributed by atoms with E-state index in [-0.39, 0.29) is 16.9 Å². The fourth-order valence-corrected chi connectivity index (χ4v) is 4.95. The number of carbonyl (C=O) groups excluding carboxylic acids is 1. The van der Waals surface area contributed by atoms with Crippen molar-refractivity contribution in [1.29, 1.82) is 0 Å². The lowest BCUT2D eigenvalue weighted by atomic mass is 9.67. The number of hydrogen-bond donors (Lipinski definition) is 0. The summed E-state index contributed by atoms with van der Waals surface area (Å²) in [4.78, 5) is 16.6. The van der Waals surface area contributed by atoms with E-state index in [4.69, 9.17) is 9.47 Å². The third kappa shape index (κ3) is 5.63. The number of anilines is 1. The summed E-state index contributed by atoms with van der Waals surface area (Å²) in [5.74, 6) is 1.02. The zero-order chi connectivity index (χ0) is 23.4. The molecule has 2 aromatic carbocycles. The van der Waals surface area contributed by atoms with E-state index in [1.807, 2.05) is 31.1 Å². The smallest absolute Gasteiger partial charge is 0.219 e. The van der Waals surface area contributed by atoms with Gasteiger partial charge in [-0.05, 0) is 56.9 Å². The van der Waals surface area contributed by atoms with Crippen molar-refractivity contribution in [2.75, 3.05) is 39.3 Å². The number of carbonyl (C=O) groups is 1. The summed E-state index contributed by atoms with van der Waals surface area (Å²) in [6, 6.07) is 16.7. The minimum Gasteiger partial charge on any atom is -0.496 e. The molecular weight excluding hydrogens is 400 g/mol. The van der Waals surface area contributed by atoms with Gasteiger partial charge in [0.05, 0.1) is 12.7 Å². The molecule has 1 heterocycles. The molecule has 1 amide bonds. The second-order valence-corrected chi connectivity index (χ2v) is 9.77. The van der Waals surface area contributed by atoms with E-state index in [0.29, 0.717) is 19.7 Å². The van der Waals surface area contributed by atoms with E-state index < -0.39 is 0 Å². The van der Waals surface area contributed by atoms with Gasteiger partial charge >= 0.3 is 0 Å². The Kier molecular flexibility index (Phi) is 7.50. The fourth-order valence-electron chi connectivity index (χ4n) is 4.95. The summed E-state index contributed by atoms with van der Waals surface area (Å²) in [6.45, 7) is 8.00. The van der Waals surface area contributed by atoms with Gasteiger partial charge in [-0.1, -0.05) is 30.3 Å². The normalized spacial score (nSPS) is 19.9. The van der Waals surface area contributed by atoms with Gasteiger partial charge in [-0.2, -0.15) is 0 Å². The third-order valence-corrected chi connectivity index (χ3v) is 6.65. The van der Waals surface area contributed by atoms with Crippen molar-refractivity contribution in [1.82, 2.24) is 4.90 Å². The molecule has 0 aromatic heterocycles. The Morgan fingerprint density at radius 1 is 1.09 bits per heavy atom. The number of nitrogens with zero attached hydrogens (tertiary/aromatic N) is 2. The Bertz CT molecular complexity index is 907. The molecule has 0 saturated carbocycles. The number of methoxy groups -OCH3 is 1. The van der Waals surface area contributed by atoms with Gasteiger partial charge in [0.1, 0.15) is 5.75 Å². The van der Waals surface area contributed by atoms with Gasteiger partial charge < -0.3 is 19.3 Å². The number of ether oxygens (including phenoxy) is 2. The Labute approximate surface area is 193 Å². The molecular formula is C27H38N2O3. The van der Waals surface area contributed by atoms with Crippen LogP contribution in [0.5, 0.6) is 5.75 Å². The number of hydrogen-bond acceptors (Lipinski definition) is 4. The minimum atomic E-state index is -0.220. The van der Waals surface area contributed by atoms with Crippen LogP contribution in [-0.4, -0.2) is 50.8 Å². The molecule has 5 heteroatoms. The van der Waals surface area contributed by atoms with Crippen LogP contribution in [0.1, 0.15) is 51.2 Å². The molecule has 2 aromatic rings. The number of para-hydroxylation sites is 1. The standard InChI is InChI=1S/C27H38N2O3/c1-21(30)29(19-22-11-13-23(14-12-22)28(4)5)17-15-27(16-18-32-26(2,3)20-27)24-9-7-8-10-25(24)31-6/h7-14H,15-20H2,1-6H3. The van der Waals surface area contributed by atoms with Gasteiger partial charge in [0.25, 0.3) is 0 Å². The maximum Gasteiger partial charge on any atom is 0.219 e. The highest BCUT2D eigenvalue weighted by atomic mass is 16.5. The fraction of sp³-hybridized carbons (Fsp3) is 0.519. The maximum atomic E-state index is 12.6. The van der Waals surface area contributed by atoms with E-state index >= 15 is 0 Å². The number of benzene rings is 2. The predicted octanol–water partition coefficient (Wildman–Crippen LogP) is 5.03. The van der Waals surface area contributed by atoms with Gasteiger partial charge in [0, 0.05) is 57.4 Å². The highest BCUT2D eigenvalue weighted by Gasteiger charge is 2.43. The van der Waals surface area contributed by atoms with Crippen molar-refractivity contribution in [2.45, 2.75) is 57.6 Å². The van der Waals surface area contributed by atoms with Crippen LogP contribution in [0.15, 0.2) is 48.5 Å². The molecule has 1 saturated heterocycles. The molecule has 0 aliphatic carbocycles. The van der Waals surface area contributed by atoms with Crippen molar-refractivity contribution in [3.8, 4) is 5.75 Å². The first-order valence-electron chi connectivity index (χ1n) is 11.4. The molecule has 32 heavy (non-hydrogen) atoms. The van der Waals surface area contributed by atoms with Crippen LogP contribution in [0.25, 0.3) is 0 Å². The second-order valence-electron chi connectivity index (χ2n) is 9.77. The molecule has 0 bridgehead atoms. The van der Waals surface area contributed by atoms with Gasteiger partial charge in [-0.25, -0.2) is 0 Å². The van der Waals surface area contributed by atoms with E-state index in [2.05, 4.69) is 55.1 Å². The van der Waals surface area contributed by atoms with Gasteiger partial charge in [0.15, 0.2) is 0 Å². The quantitative estimate of drug-likeness (QED) is 0.580. The first kappa shape index (κ1) is 24.1. The van der Waals surface area contributed by atoms with Crippen LogP contribution >= 0.6 is 0 Å². The molecule has 174 valence electrons. The average molecular weight is 439 g/mol. The van der Waals surface area contributed by atoms with Crippen molar-refractivity contribution in [3.05, 3.63) is 59.7 Å². The number of rotatable bonds is 8. The summed E-state index contributed by atoms with van der Waals surface area (Å²) in [7, 11) is 5.80. The van der Waals surface area contributed by atoms with Crippen LogP contribution in [0, 0.1) is 0 Å². The molecule has 0 N–H and O–H groups in total. The van der Waals surface area contributed by atoms with Gasteiger partial charge in [-0.3, -0.25) is 4.79 Å². The van der Waals surface area contributed by atoms with Crippen molar-refractivity contribution in [3.63, 3.8) is 0 Å². The lowest BCUT2D eigenvalue weighted by Crippen LogP contribution is -2.46. The first-order chi connectivity index (χ1) is 15.2. The highest BCUT2D eigenvalue weighted by Crippen LogP contribution is 2.47. The Morgan fingerprint density at radius 2 is 1.78 bits per heavy atom. The van der Waals surface area contributed by atoms with Crippen molar-refractivity contribution in [2.24, 2.45) is 0 Å². The van der Waals surface area contributed by atoms with E-state index in [1.54, 1.807) is 14.0 Å². The second kappa shape index (κ2) is 9.95. The first-order valence-corrected chi connectivity index (χ1v) is 11.4. The molecule has 3 rings (SSSR count). The van der Waals surface area contributed by atoms with Crippen LogP contribution in [0.3, 0.4) is 0 Å². The molecule has 0 radical (unpaired) electrons. The van der Waals surface area contributed by atoms with Crippen LogP contribution in [0.4, 0.5) is 5.69 Å².